The molecule has 0 radical (unpaired) electrons. The molecule has 1 N–H and O–H groups in total. The lowest BCUT2D eigenvalue weighted by Gasteiger charge is -2.28. The number of benzene rings is 2. The average molecular weight is 560 g/mol. The third-order valence-electron chi connectivity index (χ3n) is 7.56. The van der Waals surface area contributed by atoms with Crippen LogP contribution in [0.15, 0.2) is 60.7 Å². The van der Waals surface area contributed by atoms with E-state index >= 15 is 0 Å². The van der Waals surface area contributed by atoms with Crippen LogP contribution in [0, 0.1) is 5.92 Å². The third kappa shape index (κ3) is 5.94. The summed E-state index contributed by atoms with van der Waals surface area (Å²) in [7, 11) is 1.55. The van der Waals surface area contributed by atoms with Gasteiger partial charge in [0, 0.05) is 25.0 Å². The van der Waals surface area contributed by atoms with Crippen molar-refractivity contribution in [2.45, 2.75) is 58.7 Å². The molecule has 2 atom stereocenters. The molecule has 0 bridgehead atoms. The number of likely N-dealkylation sites (tertiary alicyclic amines) is 1. The van der Waals surface area contributed by atoms with Crippen LogP contribution in [0.4, 0.5) is 0 Å². The van der Waals surface area contributed by atoms with E-state index in [1.807, 2.05) is 36.3 Å². The molecule has 2 aliphatic heterocycles. The van der Waals surface area contributed by atoms with Gasteiger partial charge in [-0.15, -0.1) is 0 Å². The third-order valence-corrected chi connectivity index (χ3v) is 7.56. The van der Waals surface area contributed by atoms with Crippen LogP contribution in [-0.2, 0) is 22.6 Å². The van der Waals surface area contributed by atoms with E-state index < -0.39 is 23.5 Å². The summed E-state index contributed by atoms with van der Waals surface area (Å²) in [4.78, 5) is 31.4. The van der Waals surface area contributed by atoms with Gasteiger partial charge in [0.2, 0.25) is 12.1 Å². The Balaban J connectivity index is 1.52. The van der Waals surface area contributed by atoms with Crippen molar-refractivity contribution < 1.29 is 33.5 Å². The Bertz CT molecular complexity index is 1450. The average Bonchev–Trinajstić information content (AvgIpc) is 3.66. The Morgan fingerprint density at radius 2 is 2.02 bits per heavy atom. The SMILES string of the molecule is COc1cc(C2/C(=C(\[O-])c3ccc4c(c3)CC(C)O4)C(=O)C(=O)N2CCC[n+]2cc[nH]c2)ccc1OCCC(C)C. The predicted octanol–water partition coefficient (Wildman–Crippen LogP) is 3.37. The molecule has 216 valence electrons. The van der Waals surface area contributed by atoms with E-state index in [0.717, 1.165) is 17.7 Å². The first-order valence-electron chi connectivity index (χ1n) is 14.2. The van der Waals surface area contributed by atoms with Gasteiger partial charge in [-0.05, 0) is 60.2 Å². The number of imidazole rings is 1. The minimum atomic E-state index is -0.847. The molecule has 3 heterocycles. The molecule has 2 aromatic carbocycles. The van der Waals surface area contributed by atoms with Crippen LogP contribution >= 0.6 is 0 Å². The smallest absolute Gasteiger partial charge is 0.295 e. The van der Waals surface area contributed by atoms with Crippen LogP contribution in [0.5, 0.6) is 17.2 Å². The fourth-order valence-corrected chi connectivity index (χ4v) is 5.43. The molecule has 1 fully saturated rings. The van der Waals surface area contributed by atoms with Gasteiger partial charge in [-0.2, -0.15) is 0 Å². The fourth-order valence-electron chi connectivity index (χ4n) is 5.43. The second-order valence-corrected chi connectivity index (χ2v) is 11.1. The molecule has 3 aromatic rings. The number of carbonyl (C=O) groups is 2. The first-order chi connectivity index (χ1) is 19.8. The van der Waals surface area contributed by atoms with E-state index in [2.05, 4.69) is 18.8 Å². The number of Topliss-reactive ketones (excluding diaryl/α,β-unsaturated/α-hetero) is 1. The number of amides is 1. The van der Waals surface area contributed by atoms with Gasteiger partial charge < -0.3 is 24.2 Å². The molecule has 1 amide bonds. The minimum absolute atomic E-state index is 0.0209. The van der Waals surface area contributed by atoms with Crippen LogP contribution < -0.4 is 23.9 Å². The number of methoxy groups -OCH3 is 1. The zero-order valence-corrected chi connectivity index (χ0v) is 24.0. The van der Waals surface area contributed by atoms with Crippen LogP contribution in [0.2, 0.25) is 0 Å². The molecular formula is C32H37N3O6. The van der Waals surface area contributed by atoms with E-state index in [4.69, 9.17) is 14.2 Å². The Morgan fingerprint density at radius 3 is 2.76 bits per heavy atom. The van der Waals surface area contributed by atoms with Crippen LogP contribution in [0.3, 0.4) is 0 Å². The van der Waals surface area contributed by atoms with E-state index in [0.29, 0.717) is 61.1 Å². The van der Waals surface area contributed by atoms with Gasteiger partial charge in [0.15, 0.2) is 11.5 Å². The molecule has 0 saturated carbocycles. The van der Waals surface area contributed by atoms with Gasteiger partial charge in [0.05, 0.1) is 26.3 Å². The summed E-state index contributed by atoms with van der Waals surface area (Å²) in [6.45, 7) is 7.71. The van der Waals surface area contributed by atoms with Crippen LogP contribution in [0.25, 0.3) is 5.76 Å². The van der Waals surface area contributed by atoms with Gasteiger partial charge in [-0.25, -0.2) is 4.57 Å². The number of nitrogens with one attached hydrogen (secondary N) is 1. The highest BCUT2D eigenvalue weighted by molar-refractivity contribution is 6.46. The Kier molecular flexibility index (Phi) is 8.33. The number of rotatable bonds is 11. The standard InChI is InChI=1S/C32H37N3O6/c1-20(2)10-15-40-26-9-6-22(18-27(26)39-4)29-28(30(36)23-7-8-25-24(17-23)16-21(3)41-25)31(37)32(38)35(29)13-5-12-34-14-11-33-19-34/h6-9,11,14,17-21,29H,5,10,12-13,15-16H2,1-4H3,(H,36,37). The quantitative estimate of drug-likeness (QED) is 0.167. The van der Waals surface area contributed by atoms with Crippen molar-refractivity contribution >= 4 is 17.4 Å². The van der Waals surface area contributed by atoms with Crippen molar-refractivity contribution in [3.8, 4) is 17.2 Å². The van der Waals surface area contributed by atoms with E-state index in [1.165, 1.54) is 4.90 Å². The van der Waals surface area contributed by atoms with E-state index in [9.17, 15) is 14.7 Å². The van der Waals surface area contributed by atoms with Crippen molar-refractivity contribution in [3.63, 3.8) is 0 Å². The van der Waals surface area contributed by atoms with Gasteiger partial charge in [-0.1, -0.05) is 31.7 Å². The number of hydrogen-bond donors (Lipinski definition) is 1. The van der Waals surface area contributed by atoms with Gasteiger partial charge in [0.1, 0.15) is 24.2 Å². The number of aromatic nitrogens is 2. The lowest BCUT2D eigenvalue weighted by atomic mass is 9.94. The first-order valence-corrected chi connectivity index (χ1v) is 14.2. The fraction of sp³-hybridized carbons (Fsp3) is 0.406. The highest BCUT2D eigenvalue weighted by Gasteiger charge is 2.44. The van der Waals surface area contributed by atoms with Crippen molar-refractivity contribution in [1.82, 2.24) is 9.88 Å². The van der Waals surface area contributed by atoms with E-state index in [-0.39, 0.29) is 11.7 Å². The zero-order chi connectivity index (χ0) is 29.1. The summed E-state index contributed by atoms with van der Waals surface area (Å²) < 4.78 is 19.4. The number of H-pyrrole nitrogens is 1. The van der Waals surface area contributed by atoms with Crippen LogP contribution in [0.1, 0.15) is 56.3 Å². The number of ether oxygens (including phenoxy) is 3. The Hall–Kier alpha value is -4.27. The summed E-state index contributed by atoms with van der Waals surface area (Å²) in [5.41, 5.74) is 1.86. The zero-order valence-electron chi connectivity index (χ0n) is 24.0. The van der Waals surface area contributed by atoms with Gasteiger partial charge in [-0.3, -0.25) is 14.6 Å². The summed E-state index contributed by atoms with van der Waals surface area (Å²) in [5.74, 6) is 0.397. The topological polar surface area (TPSA) is 108 Å². The van der Waals surface area contributed by atoms with Crippen molar-refractivity contribution in [1.29, 1.82) is 0 Å². The maximum Gasteiger partial charge on any atom is 0.295 e. The van der Waals surface area contributed by atoms with E-state index in [1.54, 1.807) is 37.4 Å². The number of fused-ring (bicyclic) bond motifs is 1. The summed E-state index contributed by atoms with van der Waals surface area (Å²) >= 11 is 0. The highest BCUT2D eigenvalue weighted by Crippen LogP contribution is 2.42. The molecule has 9 nitrogen and oxygen atoms in total. The van der Waals surface area contributed by atoms with Crippen molar-refractivity contribution in [2.75, 3.05) is 20.3 Å². The second kappa shape index (κ2) is 12.1. The van der Waals surface area contributed by atoms with Gasteiger partial charge >= 0.3 is 0 Å². The monoisotopic (exact) mass is 559 g/mol. The molecule has 2 aliphatic rings. The second-order valence-electron chi connectivity index (χ2n) is 11.1. The molecule has 0 spiro atoms. The first kappa shape index (κ1) is 28.3. The molecular weight excluding hydrogens is 522 g/mol. The summed E-state index contributed by atoms with van der Waals surface area (Å²) in [5, 5.41) is 14.0. The molecule has 9 heteroatoms. The molecule has 1 saturated heterocycles. The number of nitrogens with zero attached hydrogens (tertiary/aromatic N) is 2. The minimum Gasteiger partial charge on any atom is -0.872 e. The number of aryl methyl sites for hydroxylation is 1. The molecule has 41 heavy (non-hydrogen) atoms. The Labute approximate surface area is 240 Å². The summed E-state index contributed by atoms with van der Waals surface area (Å²) in [6, 6.07) is 9.72. The van der Waals surface area contributed by atoms with Crippen molar-refractivity contribution in [2.24, 2.45) is 5.92 Å². The molecule has 2 unspecified atom stereocenters. The summed E-state index contributed by atoms with van der Waals surface area (Å²) in [6.07, 6.45) is 7.74. The lowest BCUT2D eigenvalue weighted by Crippen LogP contribution is -2.36. The number of aromatic amines is 1. The van der Waals surface area contributed by atoms with Crippen LogP contribution in [-0.4, -0.2) is 47.9 Å². The number of ketones is 1. The highest BCUT2D eigenvalue weighted by atomic mass is 16.5. The predicted molar refractivity (Wildman–Crippen MR) is 150 cm³/mol. The lowest BCUT2D eigenvalue weighted by molar-refractivity contribution is -0.695. The Morgan fingerprint density at radius 1 is 1.20 bits per heavy atom. The number of hydrogen-bond acceptors (Lipinski definition) is 6. The number of carbonyl (C=O) groups excluding carboxylic acids is 2. The van der Waals surface area contributed by atoms with Gasteiger partial charge in [0.25, 0.3) is 5.91 Å². The maximum atomic E-state index is 14.0. The molecule has 0 aliphatic carbocycles. The normalized spacial score (nSPS) is 19.5. The van der Waals surface area contributed by atoms with Crippen molar-refractivity contribution in [3.05, 3.63) is 77.4 Å². The largest absolute Gasteiger partial charge is 0.872 e. The maximum absolute atomic E-state index is 14.0. The molecule has 5 rings (SSSR count). The molecule has 1 aromatic heterocycles.